The fourth-order valence-corrected chi connectivity index (χ4v) is 1.23. The maximum Gasteiger partial charge on any atom is -0.0163 e. The highest BCUT2D eigenvalue weighted by Crippen LogP contribution is 2.03. The predicted molar refractivity (Wildman–Crippen MR) is 53.8 cm³/mol. The molecule has 0 heteroatoms. The average molecular weight is 161 g/mol. The van der Waals surface area contributed by atoms with Crippen molar-refractivity contribution in [2.24, 2.45) is 0 Å². The van der Waals surface area contributed by atoms with Gasteiger partial charge in [0, 0.05) is 0 Å². The minimum atomic E-state index is 1.05. The van der Waals surface area contributed by atoms with Gasteiger partial charge in [0.15, 0.2) is 0 Å². The van der Waals surface area contributed by atoms with Crippen LogP contribution in [-0.4, -0.2) is 0 Å². The number of allylic oxidation sites excluding steroid dienone is 6. The minimum Gasteiger partial charge on any atom is -0.0882 e. The number of hydrogen-bond acceptors (Lipinski definition) is 0. The van der Waals surface area contributed by atoms with Crippen LogP contribution in [0.4, 0.5) is 0 Å². The second-order valence-corrected chi connectivity index (χ2v) is 3.07. The van der Waals surface area contributed by atoms with E-state index < -0.39 is 0 Å². The molecule has 1 aliphatic carbocycles. The van der Waals surface area contributed by atoms with Gasteiger partial charge in [-0.05, 0) is 44.6 Å². The average Bonchev–Trinajstić information content (AvgIpc) is 2.05. The first-order valence-electron chi connectivity index (χ1n) is 4.85. The van der Waals surface area contributed by atoms with Crippen LogP contribution in [-0.2, 0) is 0 Å². The maximum atomic E-state index is 3.30. The van der Waals surface area contributed by atoms with E-state index in [1.165, 1.54) is 19.3 Å². The topological polar surface area (TPSA) is 0 Å². The van der Waals surface area contributed by atoms with E-state index in [9.17, 15) is 0 Å². The quantitative estimate of drug-likeness (QED) is 0.474. The Kier molecular flexibility index (Phi) is 5.35. The summed E-state index contributed by atoms with van der Waals surface area (Å²) in [6.45, 7) is 0. The standard InChI is InChI=1S/C12H17/c1-2-4-6-8-10-12-11-9-7-5-3-1/h1-2,5-7H,3-4,9-12H2/b2-1-,7-5+,8-6?. The van der Waals surface area contributed by atoms with Gasteiger partial charge in [-0.15, -0.1) is 0 Å². The van der Waals surface area contributed by atoms with Crippen molar-refractivity contribution in [3.05, 3.63) is 36.5 Å². The summed E-state index contributed by atoms with van der Waals surface area (Å²) < 4.78 is 0. The first-order valence-corrected chi connectivity index (χ1v) is 4.85. The van der Waals surface area contributed by atoms with Crippen LogP contribution < -0.4 is 0 Å². The molecule has 0 spiro atoms. The Hall–Kier alpha value is -0.780. The van der Waals surface area contributed by atoms with Crippen LogP contribution in [0.15, 0.2) is 30.4 Å². The molecule has 1 aliphatic rings. The molecule has 0 aromatic rings. The Morgan fingerprint density at radius 3 is 2.67 bits per heavy atom. The van der Waals surface area contributed by atoms with Crippen molar-refractivity contribution < 1.29 is 0 Å². The fraction of sp³-hybridized carbons (Fsp3) is 0.500. The summed E-state index contributed by atoms with van der Waals surface area (Å²) >= 11 is 0. The lowest BCUT2D eigenvalue weighted by Gasteiger charge is -1.93. The molecule has 0 heterocycles. The van der Waals surface area contributed by atoms with Crippen LogP contribution in [0, 0.1) is 6.08 Å². The normalized spacial score (nSPS) is 28.0. The molecule has 0 atom stereocenters. The first kappa shape index (κ1) is 9.31. The van der Waals surface area contributed by atoms with Crippen LogP contribution in [0.2, 0.25) is 0 Å². The van der Waals surface area contributed by atoms with Gasteiger partial charge in [-0.3, -0.25) is 0 Å². The molecule has 65 valence electrons. The van der Waals surface area contributed by atoms with Crippen LogP contribution in [0.1, 0.15) is 38.5 Å². The second-order valence-electron chi connectivity index (χ2n) is 3.07. The van der Waals surface area contributed by atoms with Gasteiger partial charge in [0.05, 0.1) is 0 Å². The highest BCUT2D eigenvalue weighted by atomic mass is 13.9. The van der Waals surface area contributed by atoms with E-state index in [4.69, 9.17) is 0 Å². The zero-order chi connectivity index (χ0) is 8.49. The molecule has 1 radical (unpaired) electrons. The highest BCUT2D eigenvalue weighted by Gasteiger charge is 1.84. The third-order valence-electron chi connectivity index (χ3n) is 1.95. The van der Waals surface area contributed by atoms with Gasteiger partial charge in [-0.2, -0.15) is 0 Å². The first-order chi connectivity index (χ1) is 6.00. The molecule has 0 unspecified atom stereocenters. The molecule has 0 N–H and O–H groups in total. The Balaban J connectivity index is 2.31. The summed E-state index contributed by atoms with van der Waals surface area (Å²) in [6, 6.07) is 0. The Bertz CT molecular complexity index is 152. The van der Waals surface area contributed by atoms with Crippen molar-refractivity contribution in [3.63, 3.8) is 0 Å². The van der Waals surface area contributed by atoms with Gasteiger partial charge in [0.25, 0.3) is 0 Å². The van der Waals surface area contributed by atoms with Crippen molar-refractivity contribution in [2.75, 3.05) is 0 Å². The van der Waals surface area contributed by atoms with Gasteiger partial charge < -0.3 is 0 Å². The van der Waals surface area contributed by atoms with Crippen LogP contribution in [0.3, 0.4) is 0 Å². The largest absolute Gasteiger partial charge is 0.0882 e. The van der Waals surface area contributed by atoms with Crippen molar-refractivity contribution in [2.45, 2.75) is 38.5 Å². The third kappa shape index (κ3) is 4.95. The van der Waals surface area contributed by atoms with Gasteiger partial charge in [-0.1, -0.05) is 30.4 Å². The molecule has 1 rings (SSSR count). The van der Waals surface area contributed by atoms with Crippen LogP contribution in [0.5, 0.6) is 0 Å². The Morgan fingerprint density at radius 2 is 1.67 bits per heavy atom. The van der Waals surface area contributed by atoms with E-state index in [0.717, 1.165) is 19.3 Å². The van der Waals surface area contributed by atoms with Gasteiger partial charge in [0.1, 0.15) is 0 Å². The summed E-state index contributed by atoms with van der Waals surface area (Å²) in [6.07, 6.45) is 21.5. The van der Waals surface area contributed by atoms with Crippen molar-refractivity contribution in [3.8, 4) is 0 Å². The summed E-state index contributed by atoms with van der Waals surface area (Å²) in [5.74, 6) is 0. The minimum absolute atomic E-state index is 1.05. The zero-order valence-corrected chi connectivity index (χ0v) is 7.63. The zero-order valence-electron chi connectivity index (χ0n) is 7.63. The molecule has 0 nitrogen and oxygen atoms in total. The molecule has 0 aliphatic heterocycles. The van der Waals surface area contributed by atoms with E-state index in [1.807, 2.05) is 0 Å². The van der Waals surface area contributed by atoms with Gasteiger partial charge in [-0.25, -0.2) is 0 Å². The molecule has 0 bridgehead atoms. The van der Waals surface area contributed by atoms with Crippen molar-refractivity contribution in [1.82, 2.24) is 0 Å². The van der Waals surface area contributed by atoms with E-state index in [-0.39, 0.29) is 0 Å². The van der Waals surface area contributed by atoms with Crippen molar-refractivity contribution >= 4 is 0 Å². The summed E-state index contributed by atoms with van der Waals surface area (Å²) in [7, 11) is 0. The summed E-state index contributed by atoms with van der Waals surface area (Å²) in [5, 5.41) is 0. The lowest BCUT2D eigenvalue weighted by Crippen LogP contribution is -1.74. The lowest BCUT2D eigenvalue weighted by atomic mass is 10.1. The summed E-state index contributed by atoms with van der Waals surface area (Å²) in [4.78, 5) is 0. The SMILES string of the molecule is [C]1=C\C/C=C\C/C=C/CCCC/1. The van der Waals surface area contributed by atoms with Gasteiger partial charge >= 0.3 is 0 Å². The molecule has 0 aromatic carbocycles. The summed E-state index contributed by atoms with van der Waals surface area (Å²) in [5.41, 5.74) is 0. The Morgan fingerprint density at radius 1 is 0.833 bits per heavy atom. The van der Waals surface area contributed by atoms with E-state index in [0.29, 0.717) is 0 Å². The molecule has 0 aromatic heterocycles. The van der Waals surface area contributed by atoms with E-state index in [1.54, 1.807) is 0 Å². The Labute approximate surface area is 75.7 Å². The fourth-order valence-electron chi connectivity index (χ4n) is 1.23. The van der Waals surface area contributed by atoms with E-state index in [2.05, 4.69) is 36.5 Å². The maximum absolute atomic E-state index is 3.30. The highest BCUT2D eigenvalue weighted by molar-refractivity contribution is 4.96. The number of hydrogen-bond donors (Lipinski definition) is 0. The molecular weight excluding hydrogens is 144 g/mol. The van der Waals surface area contributed by atoms with Gasteiger partial charge in [0.2, 0.25) is 0 Å². The molecule has 0 saturated heterocycles. The van der Waals surface area contributed by atoms with Crippen LogP contribution in [0.25, 0.3) is 0 Å². The third-order valence-corrected chi connectivity index (χ3v) is 1.95. The number of rotatable bonds is 0. The molecule has 0 saturated carbocycles. The molecular formula is C12H17. The lowest BCUT2D eigenvalue weighted by molar-refractivity contribution is 0.751. The second kappa shape index (κ2) is 6.90. The molecule has 12 heavy (non-hydrogen) atoms. The molecule has 0 fully saturated rings. The monoisotopic (exact) mass is 161 g/mol. The van der Waals surface area contributed by atoms with Crippen molar-refractivity contribution in [1.29, 1.82) is 0 Å². The van der Waals surface area contributed by atoms with Crippen LogP contribution >= 0.6 is 0 Å². The smallest absolute Gasteiger partial charge is 0.0163 e. The predicted octanol–water partition coefficient (Wildman–Crippen LogP) is 3.81. The van der Waals surface area contributed by atoms with E-state index >= 15 is 0 Å². The molecule has 0 amide bonds.